The normalized spacial score (nSPS) is 12.2. The molecule has 0 aliphatic rings. The minimum atomic E-state index is -1.07. The van der Waals surface area contributed by atoms with E-state index in [0.29, 0.717) is 27.8 Å². The number of rotatable bonds is 6. The first-order valence-corrected chi connectivity index (χ1v) is 8.15. The molecule has 0 saturated carbocycles. The highest BCUT2D eigenvalue weighted by Crippen LogP contribution is 2.32. The van der Waals surface area contributed by atoms with Crippen LogP contribution in [0, 0.1) is 0 Å². The van der Waals surface area contributed by atoms with E-state index in [-0.39, 0.29) is 0 Å². The second-order valence-corrected chi connectivity index (χ2v) is 6.10. The minimum Gasteiger partial charge on any atom is -0.493 e. The van der Waals surface area contributed by atoms with E-state index in [1.807, 2.05) is 0 Å². The van der Waals surface area contributed by atoms with Crippen molar-refractivity contribution in [3.8, 4) is 11.5 Å². The number of aliphatic imine (C=N–C) groups is 1. The Hall–Kier alpha value is -2.05. The molecular weight excluding hydrogens is 398 g/mol. The summed E-state index contributed by atoms with van der Waals surface area (Å²) in [7, 11) is 1.49. The number of carboxylic acid groups (broad SMARTS) is 1. The molecule has 7 heteroatoms. The predicted molar refractivity (Wildman–Crippen MR) is 97.1 cm³/mol. The summed E-state index contributed by atoms with van der Waals surface area (Å²) in [4.78, 5) is 15.4. The SMILES string of the molecule is COc1cccc(C=Nc2ccc(Br)c(Cl)c2)c1O[C@H](C)C(=O)O. The number of hydrogen-bond donors (Lipinski definition) is 1. The predicted octanol–water partition coefficient (Wildman–Crippen LogP) is 4.71. The van der Waals surface area contributed by atoms with Gasteiger partial charge in [-0.15, -0.1) is 0 Å². The van der Waals surface area contributed by atoms with Gasteiger partial charge in [0.1, 0.15) is 0 Å². The van der Waals surface area contributed by atoms with Crippen LogP contribution < -0.4 is 9.47 Å². The van der Waals surface area contributed by atoms with Gasteiger partial charge in [-0.2, -0.15) is 0 Å². The van der Waals surface area contributed by atoms with Crippen molar-refractivity contribution in [3.63, 3.8) is 0 Å². The lowest BCUT2D eigenvalue weighted by atomic mass is 10.2. The Labute approximate surface area is 153 Å². The third-order valence-corrected chi connectivity index (χ3v) is 4.36. The lowest BCUT2D eigenvalue weighted by molar-refractivity contribution is -0.144. The van der Waals surface area contributed by atoms with Crippen molar-refractivity contribution in [1.29, 1.82) is 0 Å². The number of halogens is 2. The topological polar surface area (TPSA) is 68.1 Å². The Morgan fingerprint density at radius 3 is 2.75 bits per heavy atom. The first-order valence-electron chi connectivity index (χ1n) is 6.98. The number of carboxylic acids is 1. The van der Waals surface area contributed by atoms with Crippen LogP contribution in [0.4, 0.5) is 5.69 Å². The summed E-state index contributed by atoms with van der Waals surface area (Å²) in [5.74, 6) is -0.314. The van der Waals surface area contributed by atoms with Crippen LogP contribution in [0.3, 0.4) is 0 Å². The van der Waals surface area contributed by atoms with Gasteiger partial charge in [0.2, 0.25) is 0 Å². The summed E-state index contributed by atoms with van der Waals surface area (Å²) < 4.78 is 11.5. The molecule has 0 spiro atoms. The molecule has 2 rings (SSSR count). The van der Waals surface area contributed by atoms with Crippen LogP contribution in [0.2, 0.25) is 5.02 Å². The number of para-hydroxylation sites is 1. The van der Waals surface area contributed by atoms with E-state index in [1.165, 1.54) is 14.0 Å². The van der Waals surface area contributed by atoms with Crippen LogP contribution in [0.25, 0.3) is 0 Å². The molecule has 1 N–H and O–H groups in total. The highest BCUT2D eigenvalue weighted by Gasteiger charge is 2.17. The third-order valence-electron chi connectivity index (χ3n) is 3.13. The lowest BCUT2D eigenvalue weighted by Crippen LogP contribution is -2.23. The van der Waals surface area contributed by atoms with E-state index in [0.717, 1.165) is 4.47 Å². The van der Waals surface area contributed by atoms with Gasteiger partial charge < -0.3 is 14.6 Å². The Morgan fingerprint density at radius 1 is 1.38 bits per heavy atom. The molecule has 0 fully saturated rings. The molecule has 2 aromatic rings. The van der Waals surface area contributed by atoms with Crippen LogP contribution in [-0.4, -0.2) is 30.5 Å². The zero-order valence-corrected chi connectivity index (χ0v) is 15.3. The maximum Gasteiger partial charge on any atom is 0.344 e. The highest BCUT2D eigenvalue weighted by atomic mass is 79.9. The largest absolute Gasteiger partial charge is 0.493 e. The minimum absolute atomic E-state index is 0.321. The molecule has 5 nitrogen and oxygen atoms in total. The molecule has 0 aliphatic heterocycles. The van der Waals surface area contributed by atoms with Crippen LogP contribution >= 0.6 is 27.5 Å². The number of nitrogens with zero attached hydrogens (tertiary/aromatic N) is 1. The molecule has 1 atom stereocenters. The van der Waals surface area contributed by atoms with E-state index < -0.39 is 12.1 Å². The van der Waals surface area contributed by atoms with Crippen LogP contribution in [0.5, 0.6) is 11.5 Å². The molecule has 24 heavy (non-hydrogen) atoms. The molecule has 0 aliphatic carbocycles. The van der Waals surface area contributed by atoms with E-state index in [4.69, 9.17) is 26.2 Å². The van der Waals surface area contributed by atoms with Gasteiger partial charge in [-0.05, 0) is 53.2 Å². The fourth-order valence-corrected chi connectivity index (χ4v) is 2.28. The quantitative estimate of drug-likeness (QED) is 0.698. The van der Waals surface area contributed by atoms with E-state index >= 15 is 0 Å². The average molecular weight is 413 g/mol. The number of ether oxygens (including phenoxy) is 2. The summed E-state index contributed by atoms with van der Waals surface area (Å²) in [6.45, 7) is 1.45. The maximum atomic E-state index is 11.0. The van der Waals surface area contributed by atoms with Crippen molar-refractivity contribution in [2.45, 2.75) is 13.0 Å². The molecule has 0 heterocycles. The summed E-state index contributed by atoms with van der Waals surface area (Å²) >= 11 is 9.37. The first-order chi connectivity index (χ1) is 11.4. The van der Waals surface area contributed by atoms with Gasteiger partial charge in [0.15, 0.2) is 17.6 Å². The molecule has 0 radical (unpaired) electrons. The van der Waals surface area contributed by atoms with Crippen LogP contribution in [0.15, 0.2) is 45.9 Å². The van der Waals surface area contributed by atoms with E-state index in [9.17, 15) is 4.79 Å². The van der Waals surface area contributed by atoms with E-state index in [1.54, 1.807) is 42.6 Å². The fourth-order valence-electron chi connectivity index (χ4n) is 1.86. The standard InChI is InChI=1S/C17H15BrClNO4/c1-10(17(21)22)24-16-11(4-3-5-15(16)23-2)9-20-12-6-7-13(18)14(19)8-12/h3-10H,1-2H3,(H,21,22)/t10-/m1/s1. The van der Waals surface area contributed by atoms with Crippen LogP contribution in [0.1, 0.15) is 12.5 Å². The molecule has 0 unspecified atom stereocenters. The third kappa shape index (κ3) is 4.49. The molecule has 0 amide bonds. The van der Waals surface area contributed by atoms with Gasteiger partial charge in [0, 0.05) is 16.3 Å². The number of carbonyl (C=O) groups is 1. The zero-order chi connectivity index (χ0) is 17.7. The van der Waals surface area contributed by atoms with Crippen LogP contribution in [-0.2, 0) is 4.79 Å². The summed E-state index contributed by atoms with van der Waals surface area (Å²) in [5.41, 5.74) is 1.25. The number of aliphatic carboxylic acids is 1. The Morgan fingerprint density at radius 2 is 2.12 bits per heavy atom. The zero-order valence-electron chi connectivity index (χ0n) is 13.0. The van der Waals surface area contributed by atoms with Gasteiger partial charge in [-0.1, -0.05) is 17.7 Å². The molecule has 0 aromatic heterocycles. The van der Waals surface area contributed by atoms with Crippen molar-refractivity contribution < 1.29 is 19.4 Å². The molecular formula is C17H15BrClNO4. The second-order valence-electron chi connectivity index (χ2n) is 4.83. The maximum absolute atomic E-state index is 11.0. The van der Waals surface area contributed by atoms with Gasteiger partial charge in [0.25, 0.3) is 0 Å². The summed E-state index contributed by atoms with van der Waals surface area (Å²) in [5, 5.41) is 9.59. The smallest absolute Gasteiger partial charge is 0.344 e. The van der Waals surface area contributed by atoms with Gasteiger partial charge >= 0.3 is 5.97 Å². The first kappa shape index (κ1) is 18.3. The molecule has 0 saturated heterocycles. The number of methoxy groups -OCH3 is 1. The van der Waals surface area contributed by atoms with Crippen molar-refractivity contribution in [1.82, 2.24) is 0 Å². The van der Waals surface area contributed by atoms with Crippen molar-refractivity contribution in [2.75, 3.05) is 7.11 Å². The van der Waals surface area contributed by atoms with Crippen molar-refractivity contribution >= 4 is 45.4 Å². The van der Waals surface area contributed by atoms with Gasteiger partial charge in [0.05, 0.1) is 17.8 Å². The van der Waals surface area contributed by atoms with Crippen molar-refractivity contribution in [2.24, 2.45) is 4.99 Å². The second kappa shape index (κ2) is 8.17. The van der Waals surface area contributed by atoms with E-state index in [2.05, 4.69) is 20.9 Å². The number of benzene rings is 2. The Bertz CT molecular complexity index is 779. The average Bonchev–Trinajstić information content (AvgIpc) is 2.56. The fraction of sp³-hybridized carbons (Fsp3) is 0.176. The highest BCUT2D eigenvalue weighted by molar-refractivity contribution is 9.10. The molecule has 2 aromatic carbocycles. The Kier molecular flexibility index (Phi) is 6.23. The summed E-state index contributed by atoms with van der Waals surface area (Å²) in [6.07, 6.45) is 0.557. The van der Waals surface area contributed by atoms with Crippen molar-refractivity contribution in [3.05, 3.63) is 51.5 Å². The molecule has 126 valence electrons. The monoisotopic (exact) mass is 411 g/mol. The Balaban J connectivity index is 2.36. The summed E-state index contributed by atoms with van der Waals surface area (Å²) in [6, 6.07) is 10.5. The van der Waals surface area contributed by atoms with Gasteiger partial charge in [-0.3, -0.25) is 4.99 Å². The molecule has 0 bridgehead atoms. The number of hydrogen-bond acceptors (Lipinski definition) is 4. The lowest BCUT2D eigenvalue weighted by Gasteiger charge is -2.15. The van der Waals surface area contributed by atoms with Gasteiger partial charge in [-0.25, -0.2) is 4.79 Å².